The number of carbonyl (C=O) groups is 1. The van der Waals surface area contributed by atoms with E-state index in [0.717, 1.165) is 47.9 Å². The summed E-state index contributed by atoms with van der Waals surface area (Å²) in [5.74, 6) is 0.934. The first-order valence-corrected chi connectivity index (χ1v) is 9.23. The molecule has 0 radical (unpaired) electrons. The summed E-state index contributed by atoms with van der Waals surface area (Å²) in [4.78, 5) is 19.3. The predicted molar refractivity (Wildman–Crippen MR) is 98.8 cm³/mol. The highest BCUT2D eigenvalue weighted by Crippen LogP contribution is 2.24. The van der Waals surface area contributed by atoms with Gasteiger partial charge in [-0.05, 0) is 36.4 Å². The van der Waals surface area contributed by atoms with Crippen LogP contribution in [0.5, 0.6) is 0 Å². The van der Waals surface area contributed by atoms with Crippen LogP contribution in [0.15, 0.2) is 48.1 Å². The van der Waals surface area contributed by atoms with Crippen LogP contribution in [0, 0.1) is 0 Å². The van der Waals surface area contributed by atoms with Crippen molar-refractivity contribution >= 4 is 23.1 Å². The first-order valence-electron chi connectivity index (χ1n) is 8.35. The van der Waals surface area contributed by atoms with Gasteiger partial charge in [-0.25, -0.2) is 0 Å². The van der Waals surface area contributed by atoms with Crippen molar-refractivity contribution in [1.29, 1.82) is 0 Å². The molecular weight excluding hydrogens is 334 g/mol. The standard InChI is InChI=1S/C18H19N5OS/c24-18(16-4-2-10-25-16)20-14-3-1-9-23(12-14)17-11-15(21-22-17)13-5-7-19-8-6-13/h2,4-8,10-11,14H,1,3,9,12H2,(H,20,24)(H,21,22)/t14-/m0/s1. The summed E-state index contributed by atoms with van der Waals surface area (Å²) in [6, 6.07) is 9.87. The highest BCUT2D eigenvalue weighted by atomic mass is 32.1. The third-order valence-corrected chi connectivity index (χ3v) is 5.25. The number of aromatic amines is 1. The molecule has 6 nitrogen and oxygen atoms in total. The summed E-state index contributed by atoms with van der Waals surface area (Å²) in [6.45, 7) is 1.73. The van der Waals surface area contributed by atoms with Crippen molar-refractivity contribution < 1.29 is 4.79 Å². The van der Waals surface area contributed by atoms with Gasteiger partial charge in [0.1, 0.15) is 0 Å². The summed E-state index contributed by atoms with van der Waals surface area (Å²) in [5, 5.41) is 12.6. The van der Waals surface area contributed by atoms with E-state index in [0.29, 0.717) is 0 Å². The van der Waals surface area contributed by atoms with Gasteiger partial charge in [0, 0.05) is 43.2 Å². The quantitative estimate of drug-likeness (QED) is 0.756. The molecule has 1 aliphatic heterocycles. The van der Waals surface area contributed by atoms with Gasteiger partial charge in [-0.1, -0.05) is 6.07 Å². The van der Waals surface area contributed by atoms with Crippen molar-refractivity contribution in [3.8, 4) is 11.3 Å². The van der Waals surface area contributed by atoms with Gasteiger partial charge in [0.2, 0.25) is 0 Å². The molecule has 3 aromatic heterocycles. The number of H-pyrrole nitrogens is 1. The smallest absolute Gasteiger partial charge is 0.261 e. The molecule has 1 saturated heterocycles. The Morgan fingerprint density at radius 1 is 1.32 bits per heavy atom. The average molecular weight is 353 g/mol. The molecule has 1 amide bonds. The maximum Gasteiger partial charge on any atom is 0.261 e. The Labute approximate surface area is 149 Å². The van der Waals surface area contributed by atoms with Crippen molar-refractivity contribution in [2.24, 2.45) is 0 Å². The fourth-order valence-corrected chi connectivity index (χ4v) is 3.75. The first kappa shape index (κ1) is 15.8. The molecule has 128 valence electrons. The van der Waals surface area contributed by atoms with Crippen molar-refractivity contribution in [2.45, 2.75) is 18.9 Å². The molecule has 0 saturated carbocycles. The van der Waals surface area contributed by atoms with Gasteiger partial charge in [0.05, 0.1) is 10.6 Å². The normalized spacial score (nSPS) is 17.4. The number of thiophene rings is 1. The zero-order valence-electron chi connectivity index (χ0n) is 13.7. The summed E-state index contributed by atoms with van der Waals surface area (Å²) in [6.07, 6.45) is 5.57. The second-order valence-electron chi connectivity index (χ2n) is 6.11. The van der Waals surface area contributed by atoms with Crippen LogP contribution in [0.3, 0.4) is 0 Å². The topological polar surface area (TPSA) is 73.9 Å². The molecule has 1 aliphatic rings. The van der Waals surface area contributed by atoms with Crippen molar-refractivity contribution in [3.63, 3.8) is 0 Å². The first-order chi connectivity index (χ1) is 12.3. The van der Waals surface area contributed by atoms with Gasteiger partial charge in [0.25, 0.3) is 5.91 Å². The molecule has 0 bridgehead atoms. The molecule has 2 N–H and O–H groups in total. The van der Waals surface area contributed by atoms with E-state index >= 15 is 0 Å². The van der Waals surface area contributed by atoms with Gasteiger partial charge < -0.3 is 10.2 Å². The molecule has 0 aromatic carbocycles. The number of nitrogens with zero attached hydrogens (tertiary/aromatic N) is 3. The lowest BCUT2D eigenvalue weighted by atomic mass is 10.1. The lowest BCUT2D eigenvalue weighted by Gasteiger charge is -2.33. The van der Waals surface area contributed by atoms with Crippen molar-refractivity contribution in [3.05, 3.63) is 53.0 Å². The van der Waals surface area contributed by atoms with Crippen LogP contribution >= 0.6 is 11.3 Å². The minimum Gasteiger partial charge on any atom is -0.353 e. The Bertz CT molecular complexity index is 830. The highest BCUT2D eigenvalue weighted by molar-refractivity contribution is 7.12. The summed E-state index contributed by atoms with van der Waals surface area (Å²) in [7, 11) is 0. The zero-order valence-corrected chi connectivity index (χ0v) is 14.5. The van der Waals surface area contributed by atoms with E-state index in [2.05, 4.69) is 31.5 Å². The van der Waals surface area contributed by atoms with E-state index in [1.54, 1.807) is 12.4 Å². The molecule has 0 spiro atoms. The Kier molecular flexibility index (Phi) is 4.47. The van der Waals surface area contributed by atoms with E-state index in [1.165, 1.54) is 11.3 Å². The van der Waals surface area contributed by atoms with E-state index < -0.39 is 0 Å². The Balaban J connectivity index is 1.43. The Morgan fingerprint density at radius 2 is 2.20 bits per heavy atom. The Hall–Kier alpha value is -2.67. The minimum atomic E-state index is 0.0151. The zero-order chi connectivity index (χ0) is 17.1. The highest BCUT2D eigenvalue weighted by Gasteiger charge is 2.23. The number of amides is 1. The van der Waals surface area contributed by atoms with Gasteiger partial charge >= 0.3 is 0 Å². The minimum absolute atomic E-state index is 0.0151. The maximum atomic E-state index is 12.3. The number of carbonyl (C=O) groups excluding carboxylic acids is 1. The molecular formula is C18H19N5OS. The number of hydrogen-bond acceptors (Lipinski definition) is 5. The fraction of sp³-hybridized carbons (Fsp3) is 0.278. The monoisotopic (exact) mass is 353 g/mol. The fourth-order valence-electron chi connectivity index (χ4n) is 3.12. The van der Waals surface area contributed by atoms with Crippen LogP contribution in [0.4, 0.5) is 5.82 Å². The van der Waals surface area contributed by atoms with Crippen LogP contribution in [-0.2, 0) is 0 Å². The molecule has 1 atom stereocenters. The molecule has 25 heavy (non-hydrogen) atoms. The van der Waals surface area contributed by atoms with E-state index in [-0.39, 0.29) is 11.9 Å². The summed E-state index contributed by atoms with van der Waals surface area (Å²) < 4.78 is 0. The molecule has 0 unspecified atom stereocenters. The number of anilines is 1. The number of aromatic nitrogens is 3. The van der Waals surface area contributed by atoms with Crippen LogP contribution in [-0.4, -0.2) is 40.2 Å². The van der Waals surface area contributed by atoms with Crippen molar-refractivity contribution in [1.82, 2.24) is 20.5 Å². The molecule has 4 rings (SSSR count). The van der Waals surface area contributed by atoms with E-state index in [1.807, 2.05) is 29.6 Å². The second-order valence-corrected chi connectivity index (χ2v) is 7.06. The van der Waals surface area contributed by atoms with Crippen LogP contribution in [0.2, 0.25) is 0 Å². The lowest BCUT2D eigenvalue weighted by molar-refractivity contribution is 0.0937. The van der Waals surface area contributed by atoms with Crippen LogP contribution in [0.1, 0.15) is 22.5 Å². The molecule has 7 heteroatoms. The molecule has 1 fully saturated rings. The number of nitrogens with one attached hydrogen (secondary N) is 2. The molecule has 3 aromatic rings. The van der Waals surface area contributed by atoms with Gasteiger partial charge in [-0.3, -0.25) is 14.9 Å². The third kappa shape index (κ3) is 3.56. The average Bonchev–Trinajstić information content (AvgIpc) is 3.35. The van der Waals surface area contributed by atoms with E-state index in [9.17, 15) is 4.79 Å². The Morgan fingerprint density at radius 3 is 3.00 bits per heavy atom. The number of hydrogen-bond donors (Lipinski definition) is 2. The molecule has 4 heterocycles. The molecule has 0 aliphatic carbocycles. The summed E-state index contributed by atoms with van der Waals surface area (Å²) in [5.41, 5.74) is 2.04. The predicted octanol–water partition coefficient (Wildman–Crippen LogP) is 2.93. The second kappa shape index (κ2) is 7.06. The number of pyridine rings is 1. The lowest BCUT2D eigenvalue weighted by Crippen LogP contribution is -2.47. The van der Waals surface area contributed by atoms with E-state index in [4.69, 9.17) is 0 Å². The largest absolute Gasteiger partial charge is 0.353 e. The third-order valence-electron chi connectivity index (χ3n) is 4.38. The number of piperidine rings is 1. The van der Waals surface area contributed by atoms with Gasteiger partial charge in [0.15, 0.2) is 5.82 Å². The number of rotatable bonds is 4. The van der Waals surface area contributed by atoms with Crippen LogP contribution < -0.4 is 10.2 Å². The maximum absolute atomic E-state index is 12.3. The SMILES string of the molecule is O=C(N[C@H]1CCCN(c2cc(-c3ccncc3)[nH]n2)C1)c1cccs1. The summed E-state index contributed by atoms with van der Waals surface area (Å²) >= 11 is 1.47. The van der Waals surface area contributed by atoms with Gasteiger partial charge in [-0.2, -0.15) is 5.10 Å². The van der Waals surface area contributed by atoms with Crippen molar-refractivity contribution in [2.75, 3.05) is 18.0 Å². The van der Waals surface area contributed by atoms with Crippen LogP contribution in [0.25, 0.3) is 11.3 Å². The van der Waals surface area contributed by atoms with Gasteiger partial charge in [-0.15, -0.1) is 11.3 Å².